The van der Waals surface area contributed by atoms with Crippen molar-refractivity contribution in [2.24, 2.45) is 5.10 Å². The van der Waals surface area contributed by atoms with Crippen LogP contribution in [0, 0.1) is 5.82 Å². The molecule has 2 heterocycles. The summed E-state index contributed by atoms with van der Waals surface area (Å²) in [6, 6.07) is 5.02. The molecular weight excluding hydrogens is 377 g/mol. The summed E-state index contributed by atoms with van der Waals surface area (Å²) < 4.78 is 41.4. The van der Waals surface area contributed by atoms with E-state index in [9.17, 15) is 22.4 Å². The molecule has 1 saturated heterocycles. The molecule has 1 atom stereocenters. The molecule has 0 bridgehead atoms. The minimum Gasteiger partial charge on any atom is -0.492 e. The monoisotopic (exact) mass is 397 g/mol. The molecule has 8 nitrogen and oxygen atoms in total. The fraction of sp³-hybridized carbons (Fsp3) is 0.471. The van der Waals surface area contributed by atoms with Gasteiger partial charge in [0.05, 0.1) is 24.1 Å². The van der Waals surface area contributed by atoms with Crippen LogP contribution in [0.5, 0.6) is 5.75 Å². The summed E-state index contributed by atoms with van der Waals surface area (Å²) in [4.78, 5) is 24.3. The Bertz CT molecular complexity index is 854. The van der Waals surface area contributed by atoms with Gasteiger partial charge in [0.2, 0.25) is 5.91 Å². The van der Waals surface area contributed by atoms with Crippen LogP contribution in [0.25, 0.3) is 0 Å². The maximum absolute atomic E-state index is 12.8. The van der Waals surface area contributed by atoms with Crippen molar-refractivity contribution >= 4 is 27.4 Å². The van der Waals surface area contributed by atoms with Gasteiger partial charge < -0.3 is 10.1 Å². The molecular formula is C17H20FN3O5S. The number of hydrazone groups is 1. The molecule has 2 aliphatic rings. The van der Waals surface area contributed by atoms with E-state index < -0.39 is 21.8 Å². The Kier molecular flexibility index (Phi) is 5.73. The van der Waals surface area contributed by atoms with Crippen LogP contribution >= 0.6 is 0 Å². The number of carbonyl (C=O) groups excluding carboxylic acids is 2. The Morgan fingerprint density at radius 2 is 2.04 bits per heavy atom. The highest BCUT2D eigenvalue weighted by atomic mass is 32.2. The van der Waals surface area contributed by atoms with E-state index in [4.69, 9.17) is 4.74 Å². The zero-order valence-corrected chi connectivity index (χ0v) is 15.4. The van der Waals surface area contributed by atoms with E-state index in [0.29, 0.717) is 12.2 Å². The van der Waals surface area contributed by atoms with Crippen LogP contribution in [0.4, 0.5) is 4.39 Å². The Morgan fingerprint density at radius 1 is 1.30 bits per heavy atom. The summed E-state index contributed by atoms with van der Waals surface area (Å²) in [6.07, 6.45) is 0.659. The SMILES string of the molecule is O=C(NCCOc1ccc(F)cc1)C1=NN(C2CCS(=O)(=O)C2)C(=O)CC1. The smallest absolute Gasteiger partial charge is 0.267 e. The predicted octanol–water partition coefficient (Wildman–Crippen LogP) is 0.486. The van der Waals surface area contributed by atoms with Gasteiger partial charge in [0.1, 0.15) is 23.9 Å². The molecule has 1 N–H and O–H groups in total. The van der Waals surface area contributed by atoms with Crippen LogP contribution in [0.1, 0.15) is 19.3 Å². The summed E-state index contributed by atoms with van der Waals surface area (Å²) in [5.74, 6) is -0.661. The lowest BCUT2D eigenvalue weighted by Crippen LogP contribution is -2.44. The number of nitrogens with zero attached hydrogens (tertiary/aromatic N) is 2. The van der Waals surface area contributed by atoms with Crippen LogP contribution in [-0.2, 0) is 19.4 Å². The summed E-state index contributed by atoms with van der Waals surface area (Å²) in [7, 11) is -3.16. The van der Waals surface area contributed by atoms with Crippen molar-refractivity contribution in [3.63, 3.8) is 0 Å². The van der Waals surface area contributed by atoms with Gasteiger partial charge >= 0.3 is 0 Å². The summed E-state index contributed by atoms with van der Waals surface area (Å²) in [5, 5.41) is 7.90. The molecule has 2 aliphatic heterocycles. The van der Waals surface area contributed by atoms with Crippen molar-refractivity contribution in [3.8, 4) is 5.75 Å². The van der Waals surface area contributed by atoms with Gasteiger partial charge in [-0.25, -0.2) is 17.8 Å². The summed E-state index contributed by atoms with van der Waals surface area (Å²) >= 11 is 0. The first kappa shape index (κ1) is 19.3. The van der Waals surface area contributed by atoms with Gasteiger partial charge in [-0.05, 0) is 30.7 Å². The standard InChI is InChI=1S/C17H20FN3O5S/c18-12-1-3-14(4-2-12)26-9-8-19-17(23)15-5-6-16(22)21(20-15)13-7-10-27(24,25)11-13/h1-4,13H,5-11H2,(H,19,23). The Balaban J connectivity index is 1.52. The molecule has 10 heteroatoms. The van der Waals surface area contributed by atoms with Crippen molar-refractivity contribution in [3.05, 3.63) is 30.1 Å². The van der Waals surface area contributed by atoms with E-state index in [2.05, 4.69) is 10.4 Å². The molecule has 0 spiro atoms. The zero-order valence-electron chi connectivity index (χ0n) is 14.6. The number of halogens is 1. The molecule has 3 rings (SSSR count). The normalized spacial score (nSPS) is 21.7. The van der Waals surface area contributed by atoms with Gasteiger partial charge in [-0.3, -0.25) is 9.59 Å². The highest BCUT2D eigenvalue weighted by Gasteiger charge is 2.37. The second-order valence-electron chi connectivity index (χ2n) is 6.40. The number of ether oxygens (including phenoxy) is 1. The highest BCUT2D eigenvalue weighted by Crippen LogP contribution is 2.22. The number of rotatable bonds is 6. The number of hydrogen-bond donors (Lipinski definition) is 1. The third kappa shape index (κ3) is 5.03. The van der Waals surface area contributed by atoms with Crippen LogP contribution in [0.3, 0.4) is 0 Å². The van der Waals surface area contributed by atoms with Gasteiger partial charge in [0.15, 0.2) is 9.84 Å². The third-order valence-electron chi connectivity index (χ3n) is 4.35. The molecule has 0 radical (unpaired) electrons. The van der Waals surface area contributed by atoms with Crippen molar-refractivity contribution in [2.75, 3.05) is 24.7 Å². The van der Waals surface area contributed by atoms with E-state index in [0.717, 1.165) is 5.01 Å². The average Bonchev–Trinajstić information content (AvgIpc) is 3.00. The van der Waals surface area contributed by atoms with Crippen molar-refractivity contribution in [1.29, 1.82) is 0 Å². The predicted molar refractivity (Wildman–Crippen MR) is 95.5 cm³/mol. The lowest BCUT2D eigenvalue weighted by molar-refractivity contribution is -0.133. The molecule has 1 aromatic carbocycles. The lowest BCUT2D eigenvalue weighted by atomic mass is 10.1. The van der Waals surface area contributed by atoms with Crippen LogP contribution in [0.2, 0.25) is 0 Å². The first-order chi connectivity index (χ1) is 12.8. The highest BCUT2D eigenvalue weighted by molar-refractivity contribution is 7.91. The van der Waals surface area contributed by atoms with E-state index >= 15 is 0 Å². The number of carbonyl (C=O) groups is 2. The maximum atomic E-state index is 12.8. The van der Waals surface area contributed by atoms with E-state index in [1.807, 2.05) is 0 Å². The molecule has 0 aromatic heterocycles. The van der Waals surface area contributed by atoms with E-state index in [1.54, 1.807) is 0 Å². The molecule has 0 saturated carbocycles. The fourth-order valence-electron chi connectivity index (χ4n) is 2.95. The molecule has 1 unspecified atom stereocenters. The van der Waals surface area contributed by atoms with E-state index in [1.165, 1.54) is 24.3 Å². The minimum atomic E-state index is -3.16. The Hall–Kier alpha value is -2.49. The quantitative estimate of drug-likeness (QED) is 0.703. The molecule has 27 heavy (non-hydrogen) atoms. The Labute approximate surface area is 156 Å². The van der Waals surface area contributed by atoms with Gasteiger partial charge in [0.25, 0.3) is 5.91 Å². The molecule has 146 valence electrons. The topological polar surface area (TPSA) is 105 Å². The molecule has 1 aromatic rings. The number of nitrogens with one attached hydrogen (secondary N) is 1. The summed E-state index contributed by atoms with van der Waals surface area (Å²) in [5.41, 5.74) is 0.195. The van der Waals surface area contributed by atoms with Crippen molar-refractivity contribution in [1.82, 2.24) is 10.3 Å². The first-order valence-corrected chi connectivity index (χ1v) is 10.4. The minimum absolute atomic E-state index is 0.0270. The number of amides is 2. The molecule has 2 amide bonds. The van der Waals surface area contributed by atoms with Gasteiger partial charge in [-0.1, -0.05) is 0 Å². The molecule has 0 aliphatic carbocycles. The lowest BCUT2D eigenvalue weighted by Gasteiger charge is -2.27. The van der Waals surface area contributed by atoms with Gasteiger partial charge in [-0.15, -0.1) is 0 Å². The van der Waals surface area contributed by atoms with Crippen molar-refractivity contribution < 1.29 is 27.1 Å². The first-order valence-electron chi connectivity index (χ1n) is 8.60. The van der Waals surface area contributed by atoms with Crippen LogP contribution < -0.4 is 10.1 Å². The largest absolute Gasteiger partial charge is 0.492 e. The maximum Gasteiger partial charge on any atom is 0.267 e. The number of sulfone groups is 1. The second-order valence-corrected chi connectivity index (χ2v) is 8.63. The van der Waals surface area contributed by atoms with Gasteiger partial charge in [-0.2, -0.15) is 5.10 Å². The number of benzene rings is 1. The van der Waals surface area contributed by atoms with E-state index in [-0.39, 0.29) is 54.9 Å². The average molecular weight is 397 g/mol. The second kappa shape index (κ2) is 8.03. The molecule has 1 fully saturated rings. The van der Waals surface area contributed by atoms with Crippen LogP contribution in [0.15, 0.2) is 29.4 Å². The zero-order chi connectivity index (χ0) is 19.4. The van der Waals surface area contributed by atoms with Crippen LogP contribution in [-0.4, -0.2) is 61.7 Å². The summed E-state index contributed by atoms with van der Waals surface area (Å²) in [6.45, 7) is 0.398. The Morgan fingerprint density at radius 3 is 2.70 bits per heavy atom. The third-order valence-corrected chi connectivity index (χ3v) is 6.10. The van der Waals surface area contributed by atoms with Gasteiger partial charge in [0, 0.05) is 12.8 Å². The fourth-order valence-corrected chi connectivity index (χ4v) is 4.65. The van der Waals surface area contributed by atoms with Crippen molar-refractivity contribution in [2.45, 2.75) is 25.3 Å². The number of hydrogen-bond acceptors (Lipinski definition) is 6.